The van der Waals surface area contributed by atoms with E-state index in [4.69, 9.17) is 15.6 Å². The molecule has 3 heterocycles. The van der Waals surface area contributed by atoms with Crippen molar-refractivity contribution in [2.45, 2.75) is 24.9 Å². The number of H-pyrrole nitrogens is 1. The van der Waals surface area contributed by atoms with Gasteiger partial charge in [0.15, 0.2) is 11.9 Å². The Labute approximate surface area is 125 Å². The van der Waals surface area contributed by atoms with Crippen LogP contribution in [0.25, 0.3) is 11.0 Å². The predicted octanol–water partition coefficient (Wildman–Crippen LogP) is -1.05. The molecule has 2 aromatic heterocycles. The Morgan fingerprint density at radius 1 is 1.60 bits per heavy atom. The molecule has 0 saturated carbocycles. The van der Waals surface area contributed by atoms with Crippen molar-refractivity contribution in [2.75, 3.05) is 12.3 Å². The highest BCUT2D eigenvalue weighted by molar-refractivity contribution is 14.1. The maximum Gasteiger partial charge on any atom is 0.264 e. The summed E-state index contributed by atoms with van der Waals surface area (Å²) in [5.74, 6) is -0.0164. The first-order chi connectivity index (χ1) is 9.51. The molecule has 3 atom stereocenters. The second kappa shape index (κ2) is 4.95. The molecule has 1 fully saturated rings. The van der Waals surface area contributed by atoms with E-state index >= 15 is 0 Å². The molecule has 0 spiro atoms. The van der Waals surface area contributed by atoms with Crippen LogP contribution in [0.4, 0.5) is 5.95 Å². The summed E-state index contributed by atoms with van der Waals surface area (Å²) in [5, 5.41) is 23.4. The summed E-state index contributed by atoms with van der Waals surface area (Å²) in [6.45, 7) is -0.288. The number of nitrogens with zero attached hydrogens (tertiary/aromatic N) is 3. The first-order valence-electron chi connectivity index (χ1n) is 5.89. The van der Waals surface area contributed by atoms with Crippen molar-refractivity contribution in [1.82, 2.24) is 19.7 Å². The molecule has 20 heavy (non-hydrogen) atoms. The molecule has 5 N–H and O–H groups in total. The number of hydrogen-bond donors (Lipinski definition) is 4. The van der Waals surface area contributed by atoms with Gasteiger partial charge in [-0.25, -0.2) is 4.68 Å². The van der Waals surface area contributed by atoms with Crippen molar-refractivity contribution in [2.24, 2.45) is 0 Å². The SMILES string of the molecule is Nc1nc2c(c(I)nn2C2CC(O)C(CO)O2)c(=O)[nH]1. The molecular formula is C10H12IN5O4. The van der Waals surface area contributed by atoms with E-state index in [0.717, 1.165) is 0 Å². The summed E-state index contributed by atoms with van der Waals surface area (Å²) in [5.41, 5.74) is 5.46. The molecule has 3 unspecified atom stereocenters. The van der Waals surface area contributed by atoms with E-state index in [2.05, 4.69) is 15.1 Å². The summed E-state index contributed by atoms with van der Waals surface area (Å²) in [4.78, 5) is 18.4. The molecule has 108 valence electrons. The maximum atomic E-state index is 11.9. The first-order valence-corrected chi connectivity index (χ1v) is 6.97. The van der Waals surface area contributed by atoms with E-state index in [1.807, 2.05) is 22.6 Å². The smallest absolute Gasteiger partial charge is 0.264 e. The van der Waals surface area contributed by atoms with Gasteiger partial charge < -0.3 is 20.7 Å². The van der Waals surface area contributed by atoms with E-state index in [-0.39, 0.29) is 24.5 Å². The van der Waals surface area contributed by atoms with E-state index in [9.17, 15) is 9.90 Å². The van der Waals surface area contributed by atoms with E-state index < -0.39 is 18.4 Å². The lowest BCUT2D eigenvalue weighted by Crippen LogP contribution is -2.24. The monoisotopic (exact) mass is 393 g/mol. The van der Waals surface area contributed by atoms with Gasteiger partial charge in [-0.3, -0.25) is 9.78 Å². The van der Waals surface area contributed by atoms with Gasteiger partial charge in [0, 0.05) is 6.42 Å². The van der Waals surface area contributed by atoms with Crippen molar-refractivity contribution in [3.05, 3.63) is 14.1 Å². The number of aromatic nitrogens is 4. The fraction of sp³-hybridized carbons (Fsp3) is 0.500. The van der Waals surface area contributed by atoms with Gasteiger partial charge in [0.25, 0.3) is 5.56 Å². The Morgan fingerprint density at radius 2 is 2.35 bits per heavy atom. The number of halogens is 1. The Kier molecular flexibility index (Phi) is 3.40. The van der Waals surface area contributed by atoms with Gasteiger partial charge >= 0.3 is 0 Å². The van der Waals surface area contributed by atoms with Crippen LogP contribution in [0.2, 0.25) is 0 Å². The molecule has 1 aliphatic heterocycles. The third-order valence-electron chi connectivity index (χ3n) is 3.19. The van der Waals surface area contributed by atoms with Crippen LogP contribution in [0.3, 0.4) is 0 Å². The Balaban J connectivity index is 2.11. The minimum absolute atomic E-state index is 0.0164. The summed E-state index contributed by atoms with van der Waals surface area (Å²) in [6.07, 6.45) is -1.80. The van der Waals surface area contributed by atoms with Crippen LogP contribution >= 0.6 is 22.6 Å². The molecule has 1 saturated heterocycles. The van der Waals surface area contributed by atoms with Crippen molar-refractivity contribution < 1.29 is 14.9 Å². The van der Waals surface area contributed by atoms with Crippen LogP contribution in [-0.4, -0.2) is 48.8 Å². The number of nitrogens with two attached hydrogens (primary N) is 1. The number of aromatic amines is 1. The van der Waals surface area contributed by atoms with Gasteiger partial charge in [0.1, 0.15) is 15.2 Å². The normalized spacial score (nSPS) is 26.4. The van der Waals surface area contributed by atoms with Gasteiger partial charge in [-0.15, -0.1) is 0 Å². The Morgan fingerprint density at radius 3 is 3.00 bits per heavy atom. The highest BCUT2D eigenvalue weighted by Gasteiger charge is 2.36. The van der Waals surface area contributed by atoms with Crippen molar-refractivity contribution in [3.63, 3.8) is 0 Å². The number of rotatable bonds is 2. The molecular weight excluding hydrogens is 381 g/mol. The van der Waals surface area contributed by atoms with Crippen LogP contribution in [0.5, 0.6) is 0 Å². The fourth-order valence-electron chi connectivity index (χ4n) is 2.25. The van der Waals surface area contributed by atoms with Crippen molar-refractivity contribution in [3.8, 4) is 0 Å². The number of ether oxygens (including phenoxy) is 1. The number of nitrogen functional groups attached to an aromatic ring is 1. The zero-order valence-corrected chi connectivity index (χ0v) is 12.3. The molecule has 10 heteroatoms. The summed E-state index contributed by atoms with van der Waals surface area (Å²) in [7, 11) is 0. The standard InChI is InChI=1S/C10H12IN5O4/c11-7-6-8(13-10(12)14-9(6)19)16(15-7)5-1-3(18)4(2-17)20-5/h3-5,17-18H,1-2H2,(H3,12,13,14,19). The molecule has 0 radical (unpaired) electrons. The molecule has 2 aromatic rings. The van der Waals surface area contributed by atoms with Crippen LogP contribution in [0.15, 0.2) is 4.79 Å². The largest absolute Gasteiger partial charge is 0.394 e. The third-order valence-corrected chi connectivity index (χ3v) is 3.95. The lowest BCUT2D eigenvalue weighted by atomic mass is 10.2. The van der Waals surface area contributed by atoms with Gasteiger partial charge in [-0.1, -0.05) is 0 Å². The summed E-state index contributed by atoms with van der Waals surface area (Å²) >= 11 is 1.92. The van der Waals surface area contributed by atoms with Gasteiger partial charge in [-0.05, 0) is 22.6 Å². The van der Waals surface area contributed by atoms with Crippen LogP contribution in [0, 0.1) is 3.70 Å². The third kappa shape index (κ3) is 2.08. The van der Waals surface area contributed by atoms with Crippen LogP contribution in [0.1, 0.15) is 12.6 Å². The lowest BCUT2D eigenvalue weighted by Gasteiger charge is -2.12. The summed E-state index contributed by atoms with van der Waals surface area (Å²) < 4.78 is 7.40. The molecule has 3 rings (SSSR count). The number of aliphatic hydroxyl groups excluding tert-OH is 2. The maximum absolute atomic E-state index is 11.9. The van der Waals surface area contributed by atoms with E-state index in [1.165, 1.54) is 4.68 Å². The molecule has 0 aliphatic carbocycles. The second-order valence-corrected chi connectivity index (χ2v) is 5.52. The van der Waals surface area contributed by atoms with Gasteiger partial charge in [0.05, 0.1) is 12.7 Å². The quantitative estimate of drug-likeness (QED) is 0.478. The highest BCUT2D eigenvalue weighted by atomic mass is 127. The average molecular weight is 393 g/mol. The molecule has 0 aromatic carbocycles. The average Bonchev–Trinajstić information content (AvgIpc) is 2.90. The summed E-state index contributed by atoms with van der Waals surface area (Å²) in [6, 6.07) is 0. The highest BCUT2D eigenvalue weighted by Crippen LogP contribution is 2.30. The lowest BCUT2D eigenvalue weighted by molar-refractivity contribution is -0.0471. The Hall–Kier alpha value is -1.24. The number of hydrogen-bond acceptors (Lipinski definition) is 7. The van der Waals surface area contributed by atoms with Crippen molar-refractivity contribution in [1.29, 1.82) is 0 Å². The number of fused-ring (bicyclic) bond motifs is 1. The molecule has 9 nitrogen and oxygen atoms in total. The minimum Gasteiger partial charge on any atom is -0.394 e. The fourth-order valence-corrected chi connectivity index (χ4v) is 2.97. The zero-order chi connectivity index (χ0) is 14.4. The minimum atomic E-state index is -0.791. The van der Waals surface area contributed by atoms with Crippen LogP contribution in [-0.2, 0) is 4.74 Å². The predicted molar refractivity (Wildman–Crippen MR) is 76.9 cm³/mol. The molecule has 1 aliphatic rings. The second-order valence-electron chi connectivity index (χ2n) is 4.50. The zero-order valence-electron chi connectivity index (χ0n) is 10.2. The number of anilines is 1. The molecule has 0 amide bonds. The Bertz CT molecular complexity index is 713. The van der Waals surface area contributed by atoms with Crippen molar-refractivity contribution >= 4 is 39.6 Å². The van der Waals surface area contributed by atoms with E-state index in [1.54, 1.807) is 0 Å². The topological polar surface area (TPSA) is 139 Å². The van der Waals surface area contributed by atoms with Crippen LogP contribution < -0.4 is 11.3 Å². The first kappa shape index (κ1) is 13.7. The number of nitrogens with one attached hydrogen (secondary N) is 1. The molecule has 0 bridgehead atoms. The van der Waals surface area contributed by atoms with Gasteiger partial charge in [0.2, 0.25) is 5.95 Å². The number of aliphatic hydroxyl groups is 2. The van der Waals surface area contributed by atoms with E-state index in [0.29, 0.717) is 14.7 Å². The van der Waals surface area contributed by atoms with Gasteiger partial charge in [-0.2, -0.15) is 10.1 Å².